The first kappa shape index (κ1) is 16.4. The molecule has 0 saturated carbocycles. The first-order valence-corrected chi connectivity index (χ1v) is 5.28. The number of aliphatic hydroxyl groups excluding tert-OH is 1. The number of alkyl halides is 6. The molecule has 0 aliphatic carbocycles. The highest BCUT2D eigenvalue weighted by atomic mass is 19.4. The van der Waals surface area contributed by atoms with Gasteiger partial charge >= 0.3 is 12.7 Å². The van der Waals surface area contributed by atoms with E-state index in [1.165, 1.54) is 6.92 Å². The molecule has 0 aliphatic heterocycles. The van der Waals surface area contributed by atoms with Crippen LogP contribution in [0.2, 0.25) is 0 Å². The Kier molecular flexibility index (Phi) is 4.74. The lowest BCUT2D eigenvalue weighted by Crippen LogP contribution is -2.20. The van der Waals surface area contributed by atoms with Crippen molar-refractivity contribution in [3.63, 3.8) is 0 Å². The van der Waals surface area contributed by atoms with Crippen molar-refractivity contribution < 1.29 is 40.9 Å². The van der Waals surface area contributed by atoms with Gasteiger partial charge in [0.1, 0.15) is 11.5 Å². The zero-order valence-corrected chi connectivity index (χ0v) is 10.0. The van der Waals surface area contributed by atoms with Crippen LogP contribution in [0.25, 0.3) is 0 Å². The lowest BCUT2D eigenvalue weighted by molar-refractivity contribution is -0.277. The van der Waals surface area contributed by atoms with Gasteiger partial charge in [0.05, 0.1) is 0 Å². The van der Waals surface area contributed by atoms with E-state index in [-0.39, 0.29) is 5.56 Å². The van der Waals surface area contributed by atoms with Gasteiger partial charge in [0, 0.05) is 18.1 Å². The summed E-state index contributed by atoms with van der Waals surface area (Å²) in [5.41, 5.74) is -0.244. The summed E-state index contributed by atoms with van der Waals surface area (Å²) in [5, 5.41) is 8.93. The van der Waals surface area contributed by atoms with Gasteiger partial charge in [-0.15, -0.1) is 26.3 Å². The molecule has 1 atom stereocenters. The first-order chi connectivity index (χ1) is 9.02. The number of benzene rings is 1. The number of rotatable bonds is 4. The Balaban J connectivity index is 3.13. The van der Waals surface area contributed by atoms with Crippen molar-refractivity contribution >= 4 is 0 Å². The van der Waals surface area contributed by atoms with E-state index in [2.05, 4.69) is 9.47 Å². The molecule has 0 amide bonds. The zero-order chi connectivity index (χ0) is 15.6. The van der Waals surface area contributed by atoms with E-state index < -0.39 is 36.7 Å². The molecule has 114 valence electrons. The predicted octanol–water partition coefficient (Wildman–Crippen LogP) is 3.58. The smallest absolute Gasteiger partial charge is 0.406 e. The molecule has 0 aliphatic rings. The summed E-state index contributed by atoms with van der Waals surface area (Å²) < 4.78 is 79.9. The SMILES string of the molecule is CC(CO)c1cc(OC(F)(F)F)ccc1OC(F)(F)F. The molecule has 3 nitrogen and oxygen atoms in total. The molecule has 9 heteroatoms. The number of ether oxygens (including phenoxy) is 2. The summed E-state index contributed by atoms with van der Waals surface area (Å²) in [7, 11) is 0. The van der Waals surface area contributed by atoms with Gasteiger partial charge < -0.3 is 14.6 Å². The van der Waals surface area contributed by atoms with Gasteiger partial charge in [-0.3, -0.25) is 0 Å². The van der Waals surface area contributed by atoms with Crippen LogP contribution < -0.4 is 9.47 Å². The molecule has 1 unspecified atom stereocenters. The molecule has 0 saturated heterocycles. The average Bonchev–Trinajstić information content (AvgIpc) is 2.26. The van der Waals surface area contributed by atoms with Crippen LogP contribution in [0.1, 0.15) is 18.4 Å². The Labute approximate surface area is 109 Å². The standard InChI is InChI=1S/C11H10F6O3/c1-6(5-18)8-4-7(19-10(12,13)14)2-3-9(8)20-11(15,16)17/h2-4,6,18H,5H2,1H3. The highest BCUT2D eigenvalue weighted by molar-refractivity contribution is 5.42. The van der Waals surface area contributed by atoms with Crippen LogP contribution in [0, 0.1) is 0 Å². The molecule has 0 bridgehead atoms. The minimum Gasteiger partial charge on any atom is -0.406 e. The van der Waals surface area contributed by atoms with E-state index in [0.717, 1.165) is 6.07 Å². The molecular weight excluding hydrogens is 294 g/mol. The summed E-state index contributed by atoms with van der Waals surface area (Å²) in [5.74, 6) is -2.24. The second-order valence-electron chi connectivity index (χ2n) is 3.88. The molecule has 1 aromatic carbocycles. The number of aliphatic hydroxyl groups is 1. The summed E-state index contributed by atoms with van der Waals surface area (Å²) in [4.78, 5) is 0. The lowest BCUT2D eigenvalue weighted by atomic mass is 10.0. The minimum absolute atomic E-state index is 0.244. The summed E-state index contributed by atoms with van der Waals surface area (Å²) >= 11 is 0. The molecule has 0 heterocycles. The zero-order valence-electron chi connectivity index (χ0n) is 10.0. The van der Waals surface area contributed by atoms with E-state index in [0.29, 0.717) is 12.1 Å². The summed E-state index contributed by atoms with van der Waals surface area (Å²) in [6, 6.07) is 2.15. The molecule has 1 rings (SSSR count). The van der Waals surface area contributed by atoms with Crippen molar-refractivity contribution in [1.82, 2.24) is 0 Å². The maximum Gasteiger partial charge on any atom is 0.573 e. The molecular formula is C11H10F6O3. The fourth-order valence-electron chi connectivity index (χ4n) is 1.42. The number of hydrogen-bond donors (Lipinski definition) is 1. The van der Waals surface area contributed by atoms with Crippen LogP contribution in [0.4, 0.5) is 26.3 Å². The third-order valence-electron chi connectivity index (χ3n) is 2.25. The summed E-state index contributed by atoms with van der Waals surface area (Å²) in [6.45, 7) is 0.764. The molecule has 1 N–H and O–H groups in total. The third-order valence-corrected chi connectivity index (χ3v) is 2.25. The van der Waals surface area contributed by atoms with Crippen molar-refractivity contribution in [2.45, 2.75) is 25.6 Å². The Morgan fingerprint density at radius 1 is 1.05 bits per heavy atom. The second kappa shape index (κ2) is 5.78. The quantitative estimate of drug-likeness (QED) is 0.864. The van der Waals surface area contributed by atoms with Crippen LogP contribution in [0.5, 0.6) is 11.5 Å². The predicted molar refractivity (Wildman–Crippen MR) is 55.3 cm³/mol. The van der Waals surface area contributed by atoms with Crippen molar-refractivity contribution in [2.75, 3.05) is 6.61 Å². The number of hydrogen-bond acceptors (Lipinski definition) is 3. The Morgan fingerprint density at radius 3 is 2.05 bits per heavy atom. The Hall–Kier alpha value is -1.64. The maximum atomic E-state index is 12.2. The largest absolute Gasteiger partial charge is 0.573 e. The first-order valence-electron chi connectivity index (χ1n) is 5.28. The van der Waals surface area contributed by atoms with Crippen molar-refractivity contribution in [2.24, 2.45) is 0 Å². The van der Waals surface area contributed by atoms with Crippen LogP contribution in [-0.2, 0) is 0 Å². The Bertz CT molecular complexity index is 454. The molecule has 0 spiro atoms. The monoisotopic (exact) mass is 304 g/mol. The van der Waals surface area contributed by atoms with E-state index in [4.69, 9.17) is 5.11 Å². The molecule has 1 aromatic rings. The van der Waals surface area contributed by atoms with Crippen LogP contribution >= 0.6 is 0 Å². The maximum absolute atomic E-state index is 12.2. The minimum atomic E-state index is -4.99. The Morgan fingerprint density at radius 2 is 1.60 bits per heavy atom. The molecule has 0 fully saturated rings. The highest BCUT2D eigenvalue weighted by Crippen LogP contribution is 2.35. The fourth-order valence-corrected chi connectivity index (χ4v) is 1.42. The fraction of sp³-hybridized carbons (Fsp3) is 0.455. The van der Waals surface area contributed by atoms with Crippen molar-refractivity contribution in [3.05, 3.63) is 23.8 Å². The normalized spacial score (nSPS) is 14.0. The van der Waals surface area contributed by atoms with Gasteiger partial charge in [0.25, 0.3) is 0 Å². The van der Waals surface area contributed by atoms with Gasteiger partial charge in [-0.05, 0) is 18.2 Å². The summed E-state index contributed by atoms with van der Waals surface area (Å²) in [6.07, 6.45) is -9.96. The number of halogens is 6. The van der Waals surface area contributed by atoms with E-state index in [1.807, 2.05) is 0 Å². The van der Waals surface area contributed by atoms with Gasteiger partial charge in [-0.1, -0.05) is 6.92 Å². The molecule has 20 heavy (non-hydrogen) atoms. The molecule has 0 radical (unpaired) electrons. The van der Waals surface area contributed by atoms with Gasteiger partial charge in [0.15, 0.2) is 0 Å². The van der Waals surface area contributed by atoms with Gasteiger partial charge in [-0.2, -0.15) is 0 Å². The topological polar surface area (TPSA) is 38.7 Å². The van der Waals surface area contributed by atoms with Crippen LogP contribution in [0.15, 0.2) is 18.2 Å². The van der Waals surface area contributed by atoms with Gasteiger partial charge in [-0.25, -0.2) is 0 Å². The van der Waals surface area contributed by atoms with Crippen LogP contribution in [0.3, 0.4) is 0 Å². The van der Waals surface area contributed by atoms with Gasteiger partial charge in [0.2, 0.25) is 0 Å². The highest BCUT2D eigenvalue weighted by Gasteiger charge is 2.34. The van der Waals surface area contributed by atoms with Crippen LogP contribution in [-0.4, -0.2) is 24.4 Å². The third kappa shape index (κ3) is 5.16. The van der Waals surface area contributed by atoms with E-state index >= 15 is 0 Å². The van der Waals surface area contributed by atoms with E-state index in [1.54, 1.807) is 0 Å². The lowest BCUT2D eigenvalue weighted by Gasteiger charge is -2.18. The second-order valence-corrected chi connectivity index (χ2v) is 3.88. The van der Waals surface area contributed by atoms with Crippen molar-refractivity contribution in [3.8, 4) is 11.5 Å². The van der Waals surface area contributed by atoms with Crippen molar-refractivity contribution in [1.29, 1.82) is 0 Å². The molecule has 0 aromatic heterocycles. The van der Waals surface area contributed by atoms with E-state index in [9.17, 15) is 26.3 Å². The average molecular weight is 304 g/mol.